The van der Waals surface area contributed by atoms with Crippen LogP contribution in [0.1, 0.15) is 5.56 Å². The van der Waals surface area contributed by atoms with Crippen LogP contribution in [0.3, 0.4) is 0 Å². The fourth-order valence-corrected chi connectivity index (χ4v) is 3.77. The highest BCUT2D eigenvalue weighted by Gasteiger charge is 2.10. The summed E-state index contributed by atoms with van der Waals surface area (Å²) < 4.78 is 12.5. The molecule has 6 heteroatoms. The van der Waals surface area contributed by atoms with Gasteiger partial charge in [-0.25, -0.2) is 9.50 Å². The summed E-state index contributed by atoms with van der Waals surface area (Å²) >= 11 is 1.69. The Labute approximate surface area is 162 Å². The number of aromatic nitrogens is 3. The molecule has 0 radical (unpaired) electrons. The summed E-state index contributed by atoms with van der Waals surface area (Å²) in [5.41, 5.74) is 4.09. The van der Waals surface area contributed by atoms with Crippen LogP contribution in [0.15, 0.2) is 72.0 Å². The van der Waals surface area contributed by atoms with Crippen LogP contribution in [0.4, 0.5) is 0 Å². The molecule has 0 amide bonds. The van der Waals surface area contributed by atoms with Crippen molar-refractivity contribution in [2.45, 2.75) is 10.8 Å². The average molecular weight is 377 g/mol. The van der Waals surface area contributed by atoms with Crippen LogP contribution in [-0.4, -0.2) is 28.8 Å². The predicted octanol–water partition coefficient (Wildman–Crippen LogP) is 4.71. The van der Waals surface area contributed by atoms with Crippen molar-refractivity contribution >= 4 is 17.3 Å². The molecular weight excluding hydrogens is 358 g/mol. The van der Waals surface area contributed by atoms with Crippen molar-refractivity contribution in [3.8, 4) is 22.8 Å². The summed E-state index contributed by atoms with van der Waals surface area (Å²) in [4.78, 5) is 4.55. The maximum absolute atomic E-state index is 5.32. The van der Waals surface area contributed by atoms with Crippen molar-refractivity contribution in [1.82, 2.24) is 14.6 Å². The number of hydrogen-bond donors (Lipinski definition) is 0. The zero-order chi connectivity index (χ0) is 18.6. The molecule has 2 aromatic carbocycles. The van der Waals surface area contributed by atoms with Gasteiger partial charge in [0, 0.05) is 23.7 Å². The van der Waals surface area contributed by atoms with Crippen molar-refractivity contribution in [3.05, 3.63) is 72.6 Å². The van der Waals surface area contributed by atoms with Crippen molar-refractivity contribution in [2.75, 3.05) is 14.2 Å². The second kappa shape index (κ2) is 7.72. The van der Waals surface area contributed by atoms with E-state index >= 15 is 0 Å². The predicted molar refractivity (Wildman–Crippen MR) is 108 cm³/mol. The summed E-state index contributed by atoms with van der Waals surface area (Å²) in [5, 5.41) is 5.64. The summed E-state index contributed by atoms with van der Waals surface area (Å²) in [6.45, 7) is 0. The smallest absolute Gasteiger partial charge is 0.122 e. The second-order valence-corrected chi connectivity index (χ2v) is 6.93. The van der Waals surface area contributed by atoms with Gasteiger partial charge >= 0.3 is 0 Å². The molecule has 0 aliphatic rings. The molecular formula is C21H19N3O2S. The third-order valence-corrected chi connectivity index (χ3v) is 5.30. The molecule has 2 aromatic heterocycles. The van der Waals surface area contributed by atoms with E-state index in [2.05, 4.69) is 22.2 Å². The third kappa shape index (κ3) is 3.75. The third-order valence-electron chi connectivity index (χ3n) is 4.23. The Hall–Kier alpha value is -2.99. The van der Waals surface area contributed by atoms with E-state index in [0.717, 1.165) is 39.1 Å². The summed E-state index contributed by atoms with van der Waals surface area (Å²) in [5.74, 6) is 2.49. The minimum Gasteiger partial charge on any atom is -0.497 e. The first kappa shape index (κ1) is 17.4. The van der Waals surface area contributed by atoms with Crippen LogP contribution in [0.25, 0.3) is 16.8 Å². The molecule has 4 rings (SSSR count). The number of nitrogens with zero attached hydrogens (tertiary/aromatic N) is 3. The van der Waals surface area contributed by atoms with Crippen LogP contribution >= 0.6 is 11.8 Å². The van der Waals surface area contributed by atoms with Gasteiger partial charge < -0.3 is 9.47 Å². The molecule has 0 atom stereocenters. The van der Waals surface area contributed by atoms with Gasteiger partial charge in [-0.2, -0.15) is 5.10 Å². The Morgan fingerprint density at radius 1 is 0.963 bits per heavy atom. The zero-order valence-corrected chi connectivity index (χ0v) is 15.9. The van der Waals surface area contributed by atoms with Crippen molar-refractivity contribution in [3.63, 3.8) is 0 Å². The maximum Gasteiger partial charge on any atom is 0.122 e. The maximum atomic E-state index is 5.32. The fourth-order valence-electron chi connectivity index (χ4n) is 2.85. The number of benzene rings is 2. The van der Waals surface area contributed by atoms with Gasteiger partial charge in [0.25, 0.3) is 0 Å². The van der Waals surface area contributed by atoms with Gasteiger partial charge in [0.15, 0.2) is 0 Å². The van der Waals surface area contributed by atoms with E-state index in [9.17, 15) is 0 Å². The molecule has 0 saturated carbocycles. The molecule has 5 nitrogen and oxygen atoms in total. The highest BCUT2D eigenvalue weighted by atomic mass is 32.2. The summed E-state index contributed by atoms with van der Waals surface area (Å²) in [6, 6.07) is 18.1. The lowest BCUT2D eigenvalue weighted by molar-refractivity contribution is 0.414. The zero-order valence-electron chi connectivity index (χ0n) is 15.1. The SMILES string of the molecule is COc1cccc(CSc2nccn3nc(-c4cccc(OC)c4)cc23)c1. The van der Waals surface area contributed by atoms with Crippen LogP contribution in [0.2, 0.25) is 0 Å². The molecule has 136 valence electrons. The van der Waals surface area contributed by atoms with Crippen LogP contribution in [0, 0.1) is 0 Å². The van der Waals surface area contributed by atoms with Gasteiger partial charge in [-0.3, -0.25) is 0 Å². The molecule has 27 heavy (non-hydrogen) atoms. The minimum absolute atomic E-state index is 0.809. The lowest BCUT2D eigenvalue weighted by Crippen LogP contribution is -1.92. The van der Waals surface area contributed by atoms with E-state index in [1.54, 1.807) is 32.2 Å². The van der Waals surface area contributed by atoms with E-state index in [1.807, 2.05) is 53.2 Å². The molecule has 0 aliphatic heterocycles. The number of fused-ring (bicyclic) bond motifs is 1. The molecule has 0 saturated heterocycles. The van der Waals surface area contributed by atoms with E-state index in [1.165, 1.54) is 5.56 Å². The Bertz CT molecular complexity index is 1080. The largest absolute Gasteiger partial charge is 0.497 e. The lowest BCUT2D eigenvalue weighted by Gasteiger charge is -2.05. The van der Waals surface area contributed by atoms with Gasteiger partial charge in [-0.05, 0) is 35.9 Å². The number of ether oxygens (including phenoxy) is 2. The van der Waals surface area contributed by atoms with E-state index in [0.29, 0.717) is 0 Å². The van der Waals surface area contributed by atoms with Gasteiger partial charge in [-0.15, -0.1) is 0 Å². The summed E-state index contributed by atoms with van der Waals surface area (Å²) in [7, 11) is 3.35. The quantitative estimate of drug-likeness (QED) is 0.456. The Morgan fingerprint density at radius 2 is 1.74 bits per heavy atom. The average Bonchev–Trinajstić information content (AvgIpc) is 3.17. The summed E-state index contributed by atoms with van der Waals surface area (Å²) in [6.07, 6.45) is 3.65. The monoisotopic (exact) mass is 377 g/mol. The van der Waals surface area contributed by atoms with Crippen molar-refractivity contribution in [1.29, 1.82) is 0 Å². The molecule has 4 aromatic rings. The van der Waals surface area contributed by atoms with Gasteiger partial charge in [-0.1, -0.05) is 36.0 Å². The molecule has 2 heterocycles. The van der Waals surface area contributed by atoms with E-state index in [4.69, 9.17) is 9.47 Å². The highest BCUT2D eigenvalue weighted by molar-refractivity contribution is 7.98. The van der Waals surface area contributed by atoms with Crippen LogP contribution in [0.5, 0.6) is 11.5 Å². The lowest BCUT2D eigenvalue weighted by atomic mass is 10.1. The van der Waals surface area contributed by atoms with Crippen LogP contribution in [-0.2, 0) is 5.75 Å². The topological polar surface area (TPSA) is 48.7 Å². The molecule has 0 unspecified atom stereocenters. The molecule has 0 aliphatic carbocycles. The number of methoxy groups -OCH3 is 2. The first-order valence-corrected chi connectivity index (χ1v) is 9.50. The van der Waals surface area contributed by atoms with Gasteiger partial charge in [0.2, 0.25) is 0 Å². The molecule has 0 fully saturated rings. The number of rotatable bonds is 6. The van der Waals surface area contributed by atoms with Gasteiger partial charge in [0.05, 0.1) is 25.4 Å². The molecule has 0 N–H and O–H groups in total. The van der Waals surface area contributed by atoms with E-state index in [-0.39, 0.29) is 0 Å². The number of thioether (sulfide) groups is 1. The van der Waals surface area contributed by atoms with E-state index < -0.39 is 0 Å². The molecule has 0 bridgehead atoms. The van der Waals surface area contributed by atoms with Gasteiger partial charge in [0.1, 0.15) is 16.5 Å². The second-order valence-electron chi connectivity index (χ2n) is 5.96. The Balaban J connectivity index is 1.62. The number of hydrogen-bond acceptors (Lipinski definition) is 5. The first-order chi connectivity index (χ1) is 13.3. The standard InChI is InChI=1S/C21H19N3O2S/c1-25-17-7-3-5-15(11-17)14-27-21-20-13-19(23-24(20)10-9-22-21)16-6-4-8-18(12-16)26-2/h3-13H,14H2,1-2H3. The fraction of sp³-hybridized carbons (Fsp3) is 0.143. The Morgan fingerprint density at radius 3 is 2.56 bits per heavy atom. The minimum atomic E-state index is 0.809. The molecule has 0 spiro atoms. The highest BCUT2D eigenvalue weighted by Crippen LogP contribution is 2.29. The van der Waals surface area contributed by atoms with Crippen LogP contribution < -0.4 is 9.47 Å². The van der Waals surface area contributed by atoms with Crippen molar-refractivity contribution in [2.24, 2.45) is 0 Å². The normalized spacial score (nSPS) is 10.9. The van der Waals surface area contributed by atoms with Crippen molar-refractivity contribution < 1.29 is 9.47 Å². The first-order valence-electron chi connectivity index (χ1n) is 8.51. The Kier molecular flexibility index (Phi) is 4.98.